The lowest BCUT2D eigenvalue weighted by atomic mass is 10.1. The van der Waals surface area contributed by atoms with E-state index in [-0.39, 0.29) is 0 Å². The van der Waals surface area contributed by atoms with Crippen LogP contribution in [0.25, 0.3) is 11.2 Å². The molecule has 2 rings (SSSR count). The summed E-state index contributed by atoms with van der Waals surface area (Å²) in [5, 5.41) is 6.17. The number of H-pyrrole nitrogens is 1. The zero-order chi connectivity index (χ0) is 14.4. The Morgan fingerprint density at radius 2 is 2.15 bits per heavy atom. The lowest BCUT2D eigenvalue weighted by Crippen LogP contribution is -2.13. The number of hydrogen-bond donors (Lipinski definition) is 3. The van der Waals surface area contributed by atoms with Crippen molar-refractivity contribution in [3.63, 3.8) is 0 Å². The molecule has 20 heavy (non-hydrogen) atoms. The Morgan fingerprint density at radius 1 is 1.30 bits per heavy atom. The van der Waals surface area contributed by atoms with Gasteiger partial charge >= 0.3 is 0 Å². The molecule has 0 aliphatic heterocycles. The molecule has 7 nitrogen and oxygen atoms in total. The maximum Gasteiger partial charge on any atom is 0.226 e. The number of aromatic nitrogens is 4. The largest absolute Gasteiger partial charge is 0.380 e. The second kappa shape index (κ2) is 7.04. The third-order valence-corrected chi connectivity index (χ3v) is 2.89. The summed E-state index contributed by atoms with van der Waals surface area (Å²) in [4.78, 5) is 15.8. The van der Waals surface area contributed by atoms with Gasteiger partial charge in [-0.25, -0.2) is 4.98 Å². The molecular weight excluding hydrogens is 256 g/mol. The van der Waals surface area contributed by atoms with E-state index < -0.39 is 0 Å². The highest BCUT2D eigenvalue weighted by molar-refractivity contribution is 5.83. The average Bonchev–Trinajstić information content (AvgIpc) is 2.90. The molecule has 2 heterocycles. The van der Waals surface area contributed by atoms with Gasteiger partial charge in [0, 0.05) is 20.2 Å². The van der Waals surface area contributed by atoms with E-state index in [2.05, 4.69) is 44.4 Å². The van der Waals surface area contributed by atoms with Crippen LogP contribution in [0.15, 0.2) is 6.33 Å². The Hall–Kier alpha value is -1.89. The van der Waals surface area contributed by atoms with Gasteiger partial charge in [-0.3, -0.25) is 0 Å². The number of nitrogens with one attached hydrogen (secondary N) is 3. The number of imidazole rings is 1. The maximum absolute atomic E-state index is 5.57. The Labute approximate surface area is 118 Å². The fourth-order valence-electron chi connectivity index (χ4n) is 1.74. The summed E-state index contributed by atoms with van der Waals surface area (Å²) in [6.45, 7) is 6.53. The smallest absolute Gasteiger partial charge is 0.226 e. The van der Waals surface area contributed by atoms with E-state index in [9.17, 15) is 0 Å². The summed E-state index contributed by atoms with van der Waals surface area (Å²) >= 11 is 0. The van der Waals surface area contributed by atoms with Gasteiger partial charge in [-0.05, 0) is 12.3 Å². The van der Waals surface area contributed by atoms with Gasteiger partial charge in [0.2, 0.25) is 5.95 Å². The SMILES string of the molecule is CNc1nc(NCCOCCC(C)C)c2[nH]cnc2n1. The van der Waals surface area contributed by atoms with E-state index in [4.69, 9.17) is 4.74 Å². The van der Waals surface area contributed by atoms with Gasteiger partial charge in [0.05, 0.1) is 12.9 Å². The molecule has 3 N–H and O–H groups in total. The number of nitrogens with zero attached hydrogens (tertiary/aromatic N) is 3. The Morgan fingerprint density at radius 3 is 2.90 bits per heavy atom. The summed E-state index contributed by atoms with van der Waals surface area (Å²) in [5.74, 6) is 1.96. The summed E-state index contributed by atoms with van der Waals surface area (Å²) in [7, 11) is 1.78. The molecular formula is C13H22N6O. The Balaban J connectivity index is 1.87. The van der Waals surface area contributed by atoms with E-state index in [0.29, 0.717) is 30.7 Å². The first-order valence-electron chi connectivity index (χ1n) is 6.91. The number of anilines is 2. The molecule has 0 bridgehead atoms. The molecule has 0 fully saturated rings. The zero-order valence-corrected chi connectivity index (χ0v) is 12.2. The number of hydrogen-bond acceptors (Lipinski definition) is 6. The molecule has 0 saturated heterocycles. The Bertz CT molecular complexity index is 539. The van der Waals surface area contributed by atoms with Gasteiger partial charge in [-0.2, -0.15) is 9.97 Å². The summed E-state index contributed by atoms with van der Waals surface area (Å²) in [6, 6.07) is 0. The van der Waals surface area contributed by atoms with Crippen LogP contribution >= 0.6 is 0 Å². The van der Waals surface area contributed by atoms with Gasteiger partial charge in [0.15, 0.2) is 11.5 Å². The fraction of sp³-hybridized carbons (Fsp3) is 0.615. The summed E-state index contributed by atoms with van der Waals surface area (Å²) < 4.78 is 5.57. The lowest BCUT2D eigenvalue weighted by molar-refractivity contribution is 0.132. The third-order valence-electron chi connectivity index (χ3n) is 2.89. The highest BCUT2D eigenvalue weighted by Crippen LogP contribution is 2.17. The third kappa shape index (κ3) is 3.80. The molecule has 110 valence electrons. The van der Waals surface area contributed by atoms with Crippen LogP contribution in [0.2, 0.25) is 0 Å². The molecule has 7 heteroatoms. The van der Waals surface area contributed by atoms with E-state index in [1.807, 2.05) is 0 Å². The van der Waals surface area contributed by atoms with Crippen LogP contribution in [0, 0.1) is 5.92 Å². The van der Waals surface area contributed by atoms with Crippen LogP contribution in [0.1, 0.15) is 20.3 Å². The van der Waals surface area contributed by atoms with E-state index in [1.54, 1.807) is 13.4 Å². The number of aromatic amines is 1. The van der Waals surface area contributed by atoms with Crippen molar-refractivity contribution in [2.75, 3.05) is 37.4 Å². The molecule has 0 atom stereocenters. The zero-order valence-electron chi connectivity index (χ0n) is 12.2. The van der Waals surface area contributed by atoms with Crippen molar-refractivity contribution in [2.45, 2.75) is 20.3 Å². The van der Waals surface area contributed by atoms with E-state index >= 15 is 0 Å². The number of ether oxygens (including phenoxy) is 1. The molecule has 0 aromatic carbocycles. The van der Waals surface area contributed by atoms with Gasteiger partial charge in [-0.15, -0.1) is 0 Å². The van der Waals surface area contributed by atoms with Crippen LogP contribution in [0.4, 0.5) is 11.8 Å². The van der Waals surface area contributed by atoms with Crippen molar-refractivity contribution < 1.29 is 4.74 Å². The fourth-order valence-corrected chi connectivity index (χ4v) is 1.74. The van der Waals surface area contributed by atoms with Crippen LogP contribution in [0.3, 0.4) is 0 Å². The highest BCUT2D eigenvalue weighted by Gasteiger charge is 2.08. The molecule has 0 spiro atoms. The number of fused-ring (bicyclic) bond motifs is 1. The second-order valence-corrected chi connectivity index (χ2v) is 4.97. The van der Waals surface area contributed by atoms with Crippen molar-refractivity contribution >= 4 is 22.9 Å². The normalized spacial score (nSPS) is 11.2. The first-order valence-corrected chi connectivity index (χ1v) is 6.91. The first kappa shape index (κ1) is 14.5. The van der Waals surface area contributed by atoms with Crippen molar-refractivity contribution in [3.8, 4) is 0 Å². The van der Waals surface area contributed by atoms with Gasteiger partial charge < -0.3 is 20.4 Å². The minimum atomic E-state index is 0.549. The molecule has 2 aromatic rings. The van der Waals surface area contributed by atoms with Crippen molar-refractivity contribution in [2.24, 2.45) is 5.92 Å². The van der Waals surface area contributed by atoms with Gasteiger partial charge in [-0.1, -0.05) is 13.8 Å². The molecule has 2 aromatic heterocycles. The van der Waals surface area contributed by atoms with Crippen molar-refractivity contribution in [3.05, 3.63) is 6.33 Å². The van der Waals surface area contributed by atoms with E-state index in [1.165, 1.54) is 0 Å². The topological polar surface area (TPSA) is 87.8 Å². The van der Waals surface area contributed by atoms with Gasteiger partial charge in [0.25, 0.3) is 0 Å². The minimum Gasteiger partial charge on any atom is -0.380 e. The monoisotopic (exact) mass is 278 g/mol. The van der Waals surface area contributed by atoms with Crippen LogP contribution < -0.4 is 10.6 Å². The van der Waals surface area contributed by atoms with Crippen LogP contribution in [-0.2, 0) is 4.74 Å². The molecule has 0 unspecified atom stereocenters. The minimum absolute atomic E-state index is 0.549. The molecule has 0 aliphatic carbocycles. The summed E-state index contributed by atoms with van der Waals surface area (Å²) in [6.07, 6.45) is 2.70. The van der Waals surface area contributed by atoms with E-state index in [0.717, 1.165) is 24.4 Å². The first-order chi connectivity index (χ1) is 9.70. The summed E-state index contributed by atoms with van der Waals surface area (Å²) in [5.41, 5.74) is 1.46. The van der Waals surface area contributed by atoms with Crippen molar-refractivity contribution in [1.82, 2.24) is 19.9 Å². The molecule has 0 aliphatic rings. The predicted molar refractivity (Wildman–Crippen MR) is 80.0 cm³/mol. The quantitative estimate of drug-likeness (QED) is 0.639. The maximum atomic E-state index is 5.57. The Kier molecular flexibility index (Phi) is 5.11. The lowest BCUT2D eigenvalue weighted by Gasteiger charge is -2.09. The van der Waals surface area contributed by atoms with Crippen molar-refractivity contribution in [1.29, 1.82) is 0 Å². The number of rotatable bonds is 8. The van der Waals surface area contributed by atoms with Gasteiger partial charge in [0.1, 0.15) is 5.52 Å². The molecule has 0 radical (unpaired) electrons. The average molecular weight is 278 g/mol. The molecule has 0 amide bonds. The molecule has 0 saturated carbocycles. The standard InChI is InChI=1S/C13H22N6O/c1-9(2)4-6-20-7-5-15-11-10-12(17-8-16-10)19-13(14-3)18-11/h8-9H,4-7H2,1-3H3,(H3,14,15,16,17,18,19). The van der Waals surface area contributed by atoms with Crippen LogP contribution in [-0.4, -0.2) is 46.7 Å². The highest BCUT2D eigenvalue weighted by atomic mass is 16.5. The predicted octanol–water partition coefficient (Wildman–Crippen LogP) is 1.87. The second-order valence-electron chi connectivity index (χ2n) is 4.97. The van der Waals surface area contributed by atoms with Crippen LogP contribution in [0.5, 0.6) is 0 Å².